The Morgan fingerprint density at radius 1 is 1.23 bits per heavy atom. The Kier molecular flexibility index (Phi) is 4.19. The van der Waals surface area contributed by atoms with E-state index in [9.17, 15) is 8.42 Å². The molecule has 1 rings (SSSR count). The van der Waals surface area contributed by atoms with Crippen molar-refractivity contribution in [2.45, 2.75) is 4.90 Å². The summed E-state index contributed by atoms with van der Waals surface area (Å²) in [5.41, 5.74) is 5.94. The first-order valence-corrected chi connectivity index (χ1v) is 4.83. The summed E-state index contributed by atoms with van der Waals surface area (Å²) in [5, 5.41) is 0. The maximum absolute atomic E-state index is 11.2. The summed E-state index contributed by atoms with van der Waals surface area (Å²) >= 11 is 0. The van der Waals surface area contributed by atoms with Gasteiger partial charge in [-0.15, -0.1) is 12.4 Å². The van der Waals surface area contributed by atoms with Crippen LogP contribution >= 0.6 is 12.4 Å². The van der Waals surface area contributed by atoms with E-state index in [0.717, 1.165) is 0 Å². The zero-order valence-electron chi connectivity index (χ0n) is 7.02. The van der Waals surface area contributed by atoms with Crippen LogP contribution in [0.4, 0.5) is 5.69 Å². The van der Waals surface area contributed by atoms with E-state index in [0.29, 0.717) is 5.69 Å². The maximum Gasteiger partial charge on any atom is 0.240 e. The zero-order valence-corrected chi connectivity index (χ0v) is 8.65. The van der Waals surface area contributed by atoms with Gasteiger partial charge in [0.25, 0.3) is 0 Å². The Bertz CT molecular complexity index is 361. The van der Waals surface area contributed by atoms with Crippen molar-refractivity contribution in [2.24, 2.45) is 0 Å². The number of nitrogens with two attached hydrogens (primary N) is 1. The van der Waals surface area contributed by atoms with Crippen LogP contribution in [0.5, 0.6) is 0 Å². The molecule has 0 aliphatic carbocycles. The van der Waals surface area contributed by atoms with E-state index in [1.54, 1.807) is 12.1 Å². The van der Waals surface area contributed by atoms with E-state index in [2.05, 4.69) is 4.72 Å². The largest absolute Gasteiger partial charge is 0.399 e. The summed E-state index contributed by atoms with van der Waals surface area (Å²) in [4.78, 5) is 0.221. The fourth-order valence-electron chi connectivity index (χ4n) is 0.765. The van der Waals surface area contributed by atoms with Crippen LogP contribution in [-0.4, -0.2) is 15.5 Å². The minimum Gasteiger partial charge on any atom is -0.399 e. The van der Waals surface area contributed by atoms with Gasteiger partial charge >= 0.3 is 0 Å². The smallest absolute Gasteiger partial charge is 0.240 e. The summed E-state index contributed by atoms with van der Waals surface area (Å²) in [7, 11) is -1.95. The average molecular weight is 223 g/mol. The number of nitrogen functional groups attached to an aromatic ring is 1. The Labute approximate surface area is 83.6 Å². The summed E-state index contributed by atoms with van der Waals surface area (Å²) < 4.78 is 24.5. The minimum absolute atomic E-state index is 0. The molecule has 6 heteroatoms. The second kappa shape index (κ2) is 4.45. The normalized spacial score (nSPS) is 10.5. The van der Waals surface area contributed by atoms with Crippen LogP contribution in [0.1, 0.15) is 0 Å². The van der Waals surface area contributed by atoms with Crippen LogP contribution < -0.4 is 10.5 Å². The van der Waals surface area contributed by atoms with Crippen LogP contribution in [0.2, 0.25) is 0 Å². The van der Waals surface area contributed by atoms with E-state index in [1.807, 2.05) is 0 Å². The van der Waals surface area contributed by atoms with E-state index in [-0.39, 0.29) is 17.3 Å². The van der Waals surface area contributed by atoms with E-state index < -0.39 is 10.0 Å². The Balaban J connectivity index is 0.00000144. The second-order valence-corrected chi connectivity index (χ2v) is 4.16. The van der Waals surface area contributed by atoms with E-state index in [1.165, 1.54) is 19.2 Å². The number of hydrogen-bond acceptors (Lipinski definition) is 3. The molecule has 1 aromatic rings. The second-order valence-electron chi connectivity index (χ2n) is 2.28. The number of benzene rings is 1. The van der Waals surface area contributed by atoms with Crippen molar-refractivity contribution in [2.75, 3.05) is 12.8 Å². The lowest BCUT2D eigenvalue weighted by Crippen LogP contribution is -2.18. The molecule has 3 N–H and O–H groups in total. The van der Waals surface area contributed by atoms with Crippen LogP contribution in [0.3, 0.4) is 0 Å². The molecule has 4 nitrogen and oxygen atoms in total. The van der Waals surface area contributed by atoms with Crippen molar-refractivity contribution in [3.05, 3.63) is 24.3 Å². The van der Waals surface area contributed by atoms with Gasteiger partial charge in [-0.25, -0.2) is 13.1 Å². The van der Waals surface area contributed by atoms with E-state index in [4.69, 9.17) is 5.73 Å². The maximum atomic E-state index is 11.2. The first-order chi connectivity index (χ1) is 5.56. The number of rotatable bonds is 2. The topological polar surface area (TPSA) is 72.2 Å². The molecule has 0 unspecified atom stereocenters. The van der Waals surface area contributed by atoms with Gasteiger partial charge in [-0.1, -0.05) is 0 Å². The molecule has 0 aliphatic rings. The Morgan fingerprint density at radius 3 is 2.08 bits per heavy atom. The van der Waals surface area contributed by atoms with Crippen LogP contribution in [-0.2, 0) is 10.0 Å². The highest BCUT2D eigenvalue weighted by Crippen LogP contribution is 2.10. The third kappa shape index (κ3) is 2.87. The fraction of sp³-hybridized carbons (Fsp3) is 0.143. The predicted octanol–water partition coefficient (Wildman–Crippen LogP) is 0.599. The number of sulfonamides is 1. The molecule has 0 aromatic heterocycles. The highest BCUT2D eigenvalue weighted by atomic mass is 35.5. The number of hydrogen-bond donors (Lipinski definition) is 2. The lowest BCUT2D eigenvalue weighted by molar-refractivity contribution is 0.588. The van der Waals surface area contributed by atoms with Crippen LogP contribution in [0.25, 0.3) is 0 Å². The molecule has 0 atom stereocenters. The molecular formula is C7H11ClN2O2S. The molecule has 0 radical (unpaired) electrons. The van der Waals surface area contributed by atoms with Crippen molar-refractivity contribution in [3.8, 4) is 0 Å². The standard InChI is InChI=1S/C7H10N2O2S.ClH/c1-9-12(10,11)7-4-2-6(8)3-5-7;/h2-5,9H,8H2,1H3;1H. The Hall–Kier alpha value is -0.780. The highest BCUT2D eigenvalue weighted by molar-refractivity contribution is 7.89. The first kappa shape index (κ1) is 12.2. The number of halogens is 1. The quantitative estimate of drug-likeness (QED) is 0.720. The fourth-order valence-corrected chi connectivity index (χ4v) is 1.49. The summed E-state index contributed by atoms with van der Waals surface area (Å²) in [6, 6.07) is 6.01. The molecule has 0 aliphatic heterocycles. The highest BCUT2D eigenvalue weighted by Gasteiger charge is 2.09. The monoisotopic (exact) mass is 222 g/mol. The van der Waals surface area contributed by atoms with Gasteiger partial charge in [-0.05, 0) is 31.3 Å². The van der Waals surface area contributed by atoms with Gasteiger partial charge in [0, 0.05) is 5.69 Å². The third-order valence-electron chi connectivity index (χ3n) is 1.46. The van der Waals surface area contributed by atoms with Gasteiger partial charge < -0.3 is 5.73 Å². The molecule has 0 fully saturated rings. The Morgan fingerprint density at radius 2 is 1.69 bits per heavy atom. The van der Waals surface area contributed by atoms with Crippen molar-refractivity contribution in [1.82, 2.24) is 4.72 Å². The van der Waals surface area contributed by atoms with Gasteiger partial charge in [0.1, 0.15) is 0 Å². The molecule has 13 heavy (non-hydrogen) atoms. The molecule has 0 saturated heterocycles. The lowest BCUT2D eigenvalue weighted by atomic mass is 10.3. The molecule has 0 heterocycles. The first-order valence-electron chi connectivity index (χ1n) is 3.35. The molecule has 0 spiro atoms. The number of nitrogens with one attached hydrogen (secondary N) is 1. The molecular weight excluding hydrogens is 212 g/mol. The van der Waals surface area contributed by atoms with Crippen molar-refractivity contribution >= 4 is 28.1 Å². The van der Waals surface area contributed by atoms with Crippen molar-refractivity contribution < 1.29 is 8.42 Å². The van der Waals surface area contributed by atoms with E-state index >= 15 is 0 Å². The molecule has 0 amide bonds. The summed E-state index contributed by atoms with van der Waals surface area (Å²) in [5.74, 6) is 0. The third-order valence-corrected chi connectivity index (χ3v) is 2.89. The van der Waals surface area contributed by atoms with Gasteiger partial charge in [-0.2, -0.15) is 0 Å². The van der Waals surface area contributed by atoms with Gasteiger partial charge in [-0.3, -0.25) is 0 Å². The summed E-state index contributed by atoms with van der Waals surface area (Å²) in [6.45, 7) is 0. The van der Waals surface area contributed by atoms with Crippen LogP contribution in [0, 0.1) is 0 Å². The predicted molar refractivity (Wildman–Crippen MR) is 54.3 cm³/mol. The van der Waals surface area contributed by atoms with Gasteiger partial charge in [0.05, 0.1) is 4.90 Å². The SMILES string of the molecule is CNS(=O)(=O)c1ccc(N)cc1.Cl. The molecule has 0 bridgehead atoms. The zero-order chi connectivity index (χ0) is 9.19. The summed E-state index contributed by atoms with van der Waals surface area (Å²) in [6.07, 6.45) is 0. The van der Waals surface area contributed by atoms with Gasteiger partial charge in [0.2, 0.25) is 10.0 Å². The molecule has 1 aromatic carbocycles. The van der Waals surface area contributed by atoms with Gasteiger partial charge in [0.15, 0.2) is 0 Å². The minimum atomic E-state index is -3.32. The molecule has 0 saturated carbocycles. The van der Waals surface area contributed by atoms with Crippen molar-refractivity contribution in [1.29, 1.82) is 0 Å². The van der Waals surface area contributed by atoms with Crippen molar-refractivity contribution in [3.63, 3.8) is 0 Å². The van der Waals surface area contributed by atoms with Crippen LogP contribution in [0.15, 0.2) is 29.2 Å². The molecule has 74 valence electrons. The average Bonchev–Trinajstić information content (AvgIpc) is 2.05. The number of anilines is 1. The lowest BCUT2D eigenvalue weighted by Gasteiger charge is -2.01.